The van der Waals surface area contributed by atoms with E-state index in [1.807, 2.05) is 12.1 Å². The molecule has 0 saturated carbocycles. The van der Waals surface area contributed by atoms with Gasteiger partial charge in [-0.1, -0.05) is 155 Å². The van der Waals surface area contributed by atoms with Crippen LogP contribution in [0.2, 0.25) is 0 Å². The van der Waals surface area contributed by atoms with E-state index in [9.17, 15) is 0 Å². The molecule has 0 fully saturated rings. The number of benzene rings is 8. The van der Waals surface area contributed by atoms with Gasteiger partial charge in [0, 0.05) is 38.4 Å². The molecule has 9 aromatic rings. The Bertz CT molecular complexity index is 3050. The van der Waals surface area contributed by atoms with Crippen LogP contribution in [0.3, 0.4) is 0 Å². The van der Waals surface area contributed by atoms with Crippen molar-refractivity contribution in [3.63, 3.8) is 0 Å². The second-order valence-corrected chi connectivity index (χ2v) is 16.5. The van der Waals surface area contributed by atoms with E-state index in [-0.39, 0.29) is 10.8 Å². The lowest BCUT2D eigenvalue weighted by Gasteiger charge is -2.31. The van der Waals surface area contributed by atoms with Gasteiger partial charge in [0.2, 0.25) is 0 Å². The summed E-state index contributed by atoms with van der Waals surface area (Å²) in [6.07, 6.45) is 0. The highest BCUT2D eigenvalue weighted by Gasteiger charge is 2.38. The normalized spacial score (nSPS) is 14.4. The molecule has 1 aromatic heterocycles. The predicted octanol–water partition coefficient (Wildman–Crippen LogP) is 15.0. The number of rotatable bonds is 5. The summed E-state index contributed by atoms with van der Waals surface area (Å²) < 4.78 is 6.27. The topological polar surface area (TPSA) is 16.4 Å². The molecule has 0 spiro atoms. The number of fused-ring (bicyclic) bond motifs is 9. The highest BCUT2D eigenvalue weighted by Crippen LogP contribution is 2.55. The molecule has 2 aliphatic carbocycles. The highest BCUT2D eigenvalue weighted by molar-refractivity contribution is 6.07. The molecule has 11 rings (SSSR count). The zero-order chi connectivity index (χ0) is 37.8. The summed E-state index contributed by atoms with van der Waals surface area (Å²) in [5.74, 6) is 0. The van der Waals surface area contributed by atoms with Crippen LogP contribution in [0.15, 0.2) is 180 Å². The van der Waals surface area contributed by atoms with Crippen LogP contribution in [0, 0.1) is 0 Å². The van der Waals surface area contributed by atoms with Gasteiger partial charge in [-0.05, 0) is 104 Å². The summed E-state index contributed by atoms with van der Waals surface area (Å²) in [4.78, 5) is 2.50. The van der Waals surface area contributed by atoms with Crippen molar-refractivity contribution in [2.75, 3.05) is 4.90 Å². The van der Waals surface area contributed by atoms with Crippen molar-refractivity contribution in [1.29, 1.82) is 0 Å². The quantitative estimate of drug-likeness (QED) is 0.176. The lowest BCUT2D eigenvalue weighted by molar-refractivity contribution is 0.660. The smallest absolute Gasteiger partial charge is 0.135 e. The van der Waals surface area contributed by atoms with Crippen molar-refractivity contribution in [3.8, 4) is 44.5 Å². The SMILES string of the molecule is CC1(C)c2ccccc2-c2ccc(-c3cccc(N(c4ccccc4-c4ccc5oc6ccccc6c5c4)c4cccc5c4-c4ccccc4C5(C)C)c3)cc21. The molecule has 0 bridgehead atoms. The van der Waals surface area contributed by atoms with Crippen LogP contribution in [-0.4, -0.2) is 0 Å². The van der Waals surface area contributed by atoms with Crippen LogP contribution in [0.4, 0.5) is 17.1 Å². The lowest BCUT2D eigenvalue weighted by atomic mass is 9.81. The van der Waals surface area contributed by atoms with Gasteiger partial charge in [0.05, 0.1) is 11.4 Å². The third-order valence-electron chi connectivity index (χ3n) is 12.7. The molecule has 0 saturated heterocycles. The van der Waals surface area contributed by atoms with E-state index >= 15 is 0 Å². The number of hydrogen-bond acceptors (Lipinski definition) is 2. The van der Waals surface area contributed by atoms with E-state index in [2.05, 4.69) is 196 Å². The Balaban J connectivity index is 1.13. The summed E-state index contributed by atoms with van der Waals surface area (Å²) in [6.45, 7) is 9.43. The molecule has 2 nitrogen and oxygen atoms in total. The van der Waals surface area contributed by atoms with Gasteiger partial charge < -0.3 is 9.32 Å². The van der Waals surface area contributed by atoms with Gasteiger partial charge >= 0.3 is 0 Å². The minimum Gasteiger partial charge on any atom is -0.456 e. The van der Waals surface area contributed by atoms with Crippen molar-refractivity contribution in [1.82, 2.24) is 0 Å². The summed E-state index contributed by atoms with van der Waals surface area (Å²) in [6, 6.07) is 64.7. The van der Waals surface area contributed by atoms with Crippen LogP contribution in [0.5, 0.6) is 0 Å². The molecule has 0 radical (unpaired) electrons. The van der Waals surface area contributed by atoms with Crippen LogP contribution in [0.25, 0.3) is 66.4 Å². The minimum absolute atomic E-state index is 0.0727. The molecule has 0 amide bonds. The first-order chi connectivity index (χ1) is 27.3. The molecule has 268 valence electrons. The van der Waals surface area contributed by atoms with E-state index in [4.69, 9.17) is 4.42 Å². The Hall–Kier alpha value is -6.64. The molecule has 0 atom stereocenters. The fourth-order valence-corrected chi connectivity index (χ4v) is 9.84. The third kappa shape index (κ3) is 4.69. The molecule has 1 heterocycles. The van der Waals surface area contributed by atoms with Crippen molar-refractivity contribution >= 4 is 39.0 Å². The molecule has 0 aliphatic heterocycles. The molecule has 2 aliphatic rings. The van der Waals surface area contributed by atoms with Crippen LogP contribution in [-0.2, 0) is 10.8 Å². The Labute approximate surface area is 328 Å². The summed E-state index contributed by atoms with van der Waals surface area (Å²) >= 11 is 0. The fraction of sp³-hybridized carbons (Fsp3) is 0.111. The Morgan fingerprint density at radius 2 is 0.964 bits per heavy atom. The number of para-hydroxylation sites is 2. The maximum Gasteiger partial charge on any atom is 0.135 e. The Morgan fingerprint density at radius 1 is 0.375 bits per heavy atom. The zero-order valence-electron chi connectivity index (χ0n) is 32.1. The van der Waals surface area contributed by atoms with Crippen LogP contribution < -0.4 is 4.90 Å². The van der Waals surface area contributed by atoms with E-state index in [1.165, 1.54) is 61.3 Å². The summed E-state index contributed by atoms with van der Waals surface area (Å²) in [5, 5.41) is 2.26. The van der Waals surface area contributed by atoms with Crippen molar-refractivity contribution < 1.29 is 4.42 Å². The van der Waals surface area contributed by atoms with Gasteiger partial charge in [-0.15, -0.1) is 0 Å². The Kier molecular flexibility index (Phi) is 6.98. The van der Waals surface area contributed by atoms with Crippen molar-refractivity contribution in [2.45, 2.75) is 38.5 Å². The summed E-state index contributed by atoms with van der Waals surface area (Å²) in [5.41, 5.74) is 20.5. The predicted molar refractivity (Wildman–Crippen MR) is 234 cm³/mol. The third-order valence-corrected chi connectivity index (χ3v) is 12.7. The maximum absolute atomic E-state index is 6.27. The zero-order valence-corrected chi connectivity index (χ0v) is 32.1. The van der Waals surface area contributed by atoms with E-state index in [0.717, 1.165) is 44.4 Å². The number of furan rings is 1. The van der Waals surface area contributed by atoms with Gasteiger partial charge in [0.25, 0.3) is 0 Å². The van der Waals surface area contributed by atoms with Gasteiger partial charge in [-0.3, -0.25) is 0 Å². The first-order valence-corrected chi connectivity index (χ1v) is 19.7. The standard InChI is InChI=1S/C54H41NO/c1-53(2)45-22-10-6-20-42(45)52-46(53)23-14-25-49(52)55(48-24-11-7-17-38(48)36-28-30-51-43(32-36)41-19-8-12-26-50(41)56-51)37-16-13-15-34(31-37)35-27-29-40-39-18-5-9-21-44(39)54(3,4)47(40)33-35/h5-33H,1-4H3. The first-order valence-electron chi connectivity index (χ1n) is 19.7. The fourth-order valence-electron chi connectivity index (χ4n) is 9.84. The molecule has 2 heteroatoms. The van der Waals surface area contributed by atoms with Crippen molar-refractivity contribution in [2.24, 2.45) is 0 Å². The largest absolute Gasteiger partial charge is 0.456 e. The second-order valence-electron chi connectivity index (χ2n) is 16.5. The average molecular weight is 720 g/mol. The highest BCUT2D eigenvalue weighted by atomic mass is 16.3. The van der Waals surface area contributed by atoms with Gasteiger partial charge in [-0.25, -0.2) is 0 Å². The second kappa shape index (κ2) is 11.9. The molecular formula is C54H41NO. The van der Waals surface area contributed by atoms with E-state index < -0.39 is 0 Å². The van der Waals surface area contributed by atoms with E-state index in [0.29, 0.717) is 0 Å². The summed E-state index contributed by atoms with van der Waals surface area (Å²) in [7, 11) is 0. The number of nitrogens with zero attached hydrogens (tertiary/aromatic N) is 1. The number of hydrogen-bond donors (Lipinski definition) is 0. The van der Waals surface area contributed by atoms with Gasteiger partial charge in [-0.2, -0.15) is 0 Å². The molecule has 0 N–H and O–H groups in total. The average Bonchev–Trinajstić information content (AvgIpc) is 3.81. The van der Waals surface area contributed by atoms with Gasteiger partial charge in [0.15, 0.2) is 0 Å². The van der Waals surface area contributed by atoms with Crippen LogP contribution >= 0.6 is 0 Å². The Morgan fingerprint density at radius 3 is 1.82 bits per heavy atom. The molecule has 56 heavy (non-hydrogen) atoms. The van der Waals surface area contributed by atoms with E-state index in [1.54, 1.807) is 0 Å². The monoisotopic (exact) mass is 719 g/mol. The molecular weight excluding hydrogens is 679 g/mol. The van der Waals surface area contributed by atoms with Crippen LogP contribution in [0.1, 0.15) is 49.9 Å². The van der Waals surface area contributed by atoms with Gasteiger partial charge in [0.1, 0.15) is 11.2 Å². The number of anilines is 3. The maximum atomic E-state index is 6.27. The molecule has 0 unspecified atom stereocenters. The molecule has 8 aromatic carbocycles. The minimum atomic E-state index is -0.128. The first kappa shape index (κ1) is 32.8. The lowest BCUT2D eigenvalue weighted by Crippen LogP contribution is -2.16. The van der Waals surface area contributed by atoms with Crippen molar-refractivity contribution in [3.05, 3.63) is 198 Å².